The quantitative estimate of drug-likeness (QED) is 0.843. The van der Waals surface area contributed by atoms with Crippen molar-refractivity contribution in [3.63, 3.8) is 0 Å². The Kier molecular flexibility index (Phi) is 4.26. The van der Waals surface area contributed by atoms with Crippen molar-refractivity contribution in [2.24, 2.45) is 5.92 Å². The van der Waals surface area contributed by atoms with Gasteiger partial charge in [0.25, 0.3) is 11.5 Å². The van der Waals surface area contributed by atoms with Crippen LogP contribution in [0.2, 0.25) is 0 Å². The molecule has 1 saturated heterocycles. The SMILES string of the molecule is Cc1[nH]ncc1C(=O)N1CCc2c(nc(N3CCC(C)CC3)[nH]c2=O)C1. The number of nitrogens with zero attached hydrogens (tertiary/aromatic N) is 4. The molecule has 2 aliphatic rings. The molecule has 8 nitrogen and oxygen atoms in total. The number of amides is 1. The second-order valence-electron chi connectivity index (χ2n) is 7.37. The third-order valence-corrected chi connectivity index (χ3v) is 5.49. The van der Waals surface area contributed by atoms with Gasteiger partial charge in [-0.1, -0.05) is 6.92 Å². The van der Waals surface area contributed by atoms with Gasteiger partial charge in [0.05, 0.1) is 24.0 Å². The van der Waals surface area contributed by atoms with Gasteiger partial charge in [-0.25, -0.2) is 4.98 Å². The number of carbonyl (C=O) groups is 1. The zero-order valence-corrected chi connectivity index (χ0v) is 15.2. The fraction of sp³-hybridized carbons (Fsp3) is 0.556. The van der Waals surface area contributed by atoms with Crippen LogP contribution in [0.1, 0.15) is 47.1 Å². The minimum Gasteiger partial charge on any atom is -0.342 e. The molecule has 0 bridgehead atoms. The van der Waals surface area contributed by atoms with E-state index in [1.807, 2.05) is 6.92 Å². The predicted octanol–water partition coefficient (Wildman–Crippen LogP) is 1.24. The van der Waals surface area contributed by atoms with Gasteiger partial charge in [-0.05, 0) is 32.1 Å². The summed E-state index contributed by atoms with van der Waals surface area (Å²) in [6.45, 7) is 6.76. The van der Waals surface area contributed by atoms with E-state index < -0.39 is 0 Å². The van der Waals surface area contributed by atoms with Crippen LogP contribution >= 0.6 is 0 Å². The average Bonchev–Trinajstić information content (AvgIpc) is 3.07. The third kappa shape index (κ3) is 3.00. The van der Waals surface area contributed by atoms with Gasteiger partial charge in [0.15, 0.2) is 0 Å². The summed E-state index contributed by atoms with van der Waals surface area (Å²) in [4.78, 5) is 36.8. The van der Waals surface area contributed by atoms with Gasteiger partial charge in [-0.15, -0.1) is 0 Å². The number of carbonyl (C=O) groups excluding carboxylic acids is 1. The summed E-state index contributed by atoms with van der Waals surface area (Å²) in [5.74, 6) is 1.27. The van der Waals surface area contributed by atoms with Gasteiger partial charge in [0.1, 0.15) is 0 Å². The Labute approximate surface area is 151 Å². The van der Waals surface area contributed by atoms with E-state index in [1.165, 1.54) is 0 Å². The fourth-order valence-electron chi connectivity index (χ4n) is 3.71. The lowest BCUT2D eigenvalue weighted by atomic mass is 9.99. The number of rotatable bonds is 2. The maximum Gasteiger partial charge on any atom is 0.257 e. The lowest BCUT2D eigenvalue weighted by Gasteiger charge is -2.32. The molecular weight excluding hydrogens is 332 g/mol. The van der Waals surface area contributed by atoms with Gasteiger partial charge >= 0.3 is 0 Å². The molecule has 0 aromatic carbocycles. The van der Waals surface area contributed by atoms with Crippen LogP contribution in [-0.4, -0.2) is 50.6 Å². The van der Waals surface area contributed by atoms with Crippen molar-refractivity contribution in [1.29, 1.82) is 0 Å². The van der Waals surface area contributed by atoms with Crippen molar-refractivity contribution >= 4 is 11.9 Å². The maximum atomic E-state index is 12.7. The fourth-order valence-corrected chi connectivity index (χ4v) is 3.71. The summed E-state index contributed by atoms with van der Waals surface area (Å²) in [6, 6.07) is 0. The van der Waals surface area contributed by atoms with E-state index in [-0.39, 0.29) is 11.5 Å². The highest BCUT2D eigenvalue weighted by atomic mass is 16.2. The van der Waals surface area contributed by atoms with Crippen LogP contribution < -0.4 is 10.5 Å². The van der Waals surface area contributed by atoms with E-state index in [0.717, 1.165) is 31.6 Å². The van der Waals surface area contributed by atoms with E-state index in [0.29, 0.717) is 48.2 Å². The average molecular weight is 356 g/mol. The third-order valence-electron chi connectivity index (χ3n) is 5.49. The number of H-pyrrole nitrogens is 2. The molecule has 2 N–H and O–H groups in total. The summed E-state index contributed by atoms with van der Waals surface area (Å²) in [5, 5.41) is 6.73. The summed E-state index contributed by atoms with van der Waals surface area (Å²) < 4.78 is 0. The number of piperidine rings is 1. The molecule has 1 amide bonds. The molecule has 2 aromatic heterocycles. The van der Waals surface area contributed by atoms with Crippen LogP contribution in [-0.2, 0) is 13.0 Å². The molecule has 26 heavy (non-hydrogen) atoms. The van der Waals surface area contributed by atoms with Crippen LogP contribution in [0, 0.1) is 12.8 Å². The minimum atomic E-state index is -0.0739. The largest absolute Gasteiger partial charge is 0.342 e. The first-order valence-corrected chi connectivity index (χ1v) is 9.19. The topological polar surface area (TPSA) is 98.0 Å². The van der Waals surface area contributed by atoms with Gasteiger partial charge in [-0.3, -0.25) is 19.7 Å². The maximum absolute atomic E-state index is 12.7. The number of hydrogen-bond acceptors (Lipinski definition) is 5. The van der Waals surface area contributed by atoms with Crippen molar-refractivity contribution in [3.8, 4) is 0 Å². The zero-order valence-electron chi connectivity index (χ0n) is 15.2. The normalized spacial score (nSPS) is 18.1. The highest BCUT2D eigenvalue weighted by Gasteiger charge is 2.27. The lowest BCUT2D eigenvalue weighted by Crippen LogP contribution is -2.41. The van der Waals surface area contributed by atoms with Crippen LogP contribution in [0.5, 0.6) is 0 Å². The lowest BCUT2D eigenvalue weighted by molar-refractivity contribution is 0.0730. The number of aromatic nitrogens is 4. The molecule has 0 aliphatic carbocycles. The van der Waals surface area contributed by atoms with Gasteiger partial charge in [0, 0.05) is 30.9 Å². The van der Waals surface area contributed by atoms with Crippen molar-refractivity contribution in [2.45, 2.75) is 39.7 Å². The van der Waals surface area contributed by atoms with Gasteiger partial charge in [-0.2, -0.15) is 5.10 Å². The first-order chi connectivity index (χ1) is 12.5. The predicted molar refractivity (Wildman–Crippen MR) is 97.2 cm³/mol. The van der Waals surface area contributed by atoms with Gasteiger partial charge in [0.2, 0.25) is 5.95 Å². The Hall–Kier alpha value is -2.64. The molecule has 2 aromatic rings. The van der Waals surface area contributed by atoms with E-state index in [2.05, 4.69) is 27.0 Å². The molecule has 0 saturated carbocycles. The Morgan fingerprint density at radius 2 is 2.04 bits per heavy atom. The van der Waals surface area contributed by atoms with E-state index in [4.69, 9.17) is 4.98 Å². The smallest absolute Gasteiger partial charge is 0.257 e. The van der Waals surface area contributed by atoms with Crippen LogP contribution in [0.25, 0.3) is 0 Å². The molecule has 4 heterocycles. The molecule has 0 spiro atoms. The van der Waals surface area contributed by atoms with Crippen molar-refractivity contribution in [2.75, 3.05) is 24.5 Å². The number of fused-ring (bicyclic) bond motifs is 1. The monoisotopic (exact) mass is 356 g/mol. The number of aryl methyl sites for hydroxylation is 1. The minimum absolute atomic E-state index is 0.0719. The van der Waals surface area contributed by atoms with Crippen molar-refractivity contribution < 1.29 is 4.79 Å². The summed E-state index contributed by atoms with van der Waals surface area (Å²) in [7, 11) is 0. The summed E-state index contributed by atoms with van der Waals surface area (Å²) in [5.41, 5.74) is 2.66. The molecular formula is C18H24N6O2. The molecule has 2 aliphatic heterocycles. The summed E-state index contributed by atoms with van der Waals surface area (Å²) >= 11 is 0. The van der Waals surface area contributed by atoms with Crippen molar-refractivity contribution in [3.05, 3.63) is 39.1 Å². The molecule has 0 radical (unpaired) electrons. The van der Waals surface area contributed by atoms with Crippen LogP contribution in [0.15, 0.2) is 11.0 Å². The molecule has 0 unspecified atom stereocenters. The highest BCUT2D eigenvalue weighted by molar-refractivity contribution is 5.95. The second-order valence-corrected chi connectivity index (χ2v) is 7.37. The van der Waals surface area contributed by atoms with Crippen LogP contribution in [0.3, 0.4) is 0 Å². The number of anilines is 1. The first-order valence-electron chi connectivity index (χ1n) is 9.19. The Morgan fingerprint density at radius 1 is 1.27 bits per heavy atom. The molecule has 0 atom stereocenters. The molecule has 8 heteroatoms. The molecule has 1 fully saturated rings. The summed E-state index contributed by atoms with van der Waals surface area (Å²) in [6.07, 6.45) is 4.28. The zero-order chi connectivity index (χ0) is 18.3. The van der Waals surface area contributed by atoms with E-state index in [1.54, 1.807) is 11.1 Å². The van der Waals surface area contributed by atoms with E-state index >= 15 is 0 Å². The standard InChI is InChI=1S/C18H24N6O2/c1-11-3-6-23(7-4-11)18-20-15-10-24(8-5-13(15)16(25)21-18)17(26)14-9-19-22-12(14)2/h9,11H,3-8,10H2,1-2H3,(H,19,22)(H,20,21,25). The Balaban J connectivity index is 1.59. The number of nitrogens with one attached hydrogen (secondary N) is 2. The van der Waals surface area contributed by atoms with Crippen LogP contribution in [0.4, 0.5) is 5.95 Å². The van der Waals surface area contributed by atoms with Gasteiger partial charge < -0.3 is 9.80 Å². The van der Waals surface area contributed by atoms with E-state index in [9.17, 15) is 9.59 Å². The molecule has 138 valence electrons. The Bertz CT molecular complexity index is 878. The highest BCUT2D eigenvalue weighted by Crippen LogP contribution is 2.22. The number of hydrogen-bond donors (Lipinski definition) is 2. The number of aromatic amines is 2. The first kappa shape index (κ1) is 16.8. The van der Waals surface area contributed by atoms with Crippen molar-refractivity contribution in [1.82, 2.24) is 25.1 Å². The Morgan fingerprint density at radius 3 is 2.73 bits per heavy atom. The second kappa shape index (κ2) is 6.59. The molecule has 4 rings (SSSR count).